The van der Waals surface area contributed by atoms with E-state index >= 15 is 0 Å². The van der Waals surface area contributed by atoms with Gasteiger partial charge in [0, 0.05) is 110 Å². The van der Waals surface area contributed by atoms with Gasteiger partial charge in [0.05, 0.1) is 56.0 Å². The van der Waals surface area contributed by atoms with Crippen LogP contribution in [0.1, 0.15) is 0 Å². The molecule has 0 aliphatic heterocycles. The van der Waals surface area contributed by atoms with E-state index in [1.165, 1.54) is 0 Å². The second kappa shape index (κ2) is 25.6. The third-order valence-corrected chi connectivity index (χ3v) is 20.6. The summed E-state index contributed by atoms with van der Waals surface area (Å²) in [6.45, 7) is 0. The van der Waals surface area contributed by atoms with Crippen LogP contribution in [-0.2, 0) is 0 Å². The molecule has 22 rings (SSSR count). The Hall–Kier alpha value is -14.7. The minimum absolute atomic E-state index is 0.675. The minimum atomic E-state index is 0.675. The second-order valence-electron chi connectivity index (χ2n) is 27.0. The average Bonchev–Trinajstić information content (AvgIpc) is 1.53. The highest BCUT2D eigenvalue weighted by Crippen LogP contribution is 2.47. The summed E-state index contributed by atoms with van der Waals surface area (Å²) < 4.78 is 26.4. The molecule has 0 N–H and O–H groups in total. The van der Waals surface area contributed by atoms with E-state index in [-0.39, 0.29) is 0 Å². The highest BCUT2D eigenvalue weighted by molar-refractivity contribution is 6.24. The molecule has 108 heavy (non-hydrogen) atoms. The fourth-order valence-corrected chi connectivity index (χ4v) is 15.5. The van der Waals surface area contributed by atoms with Crippen LogP contribution < -0.4 is 0 Å². The van der Waals surface area contributed by atoms with E-state index in [1.807, 2.05) is 146 Å². The first-order chi connectivity index (χ1) is 53.5. The summed E-state index contributed by atoms with van der Waals surface area (Å²) in [5.41, 5.74) is 25.3. The first-order valence-corrected chi connectivity index (χ1v) is 36.0. The molecule has 22 aromatic rings. The fourth-order valence-electron chi connectivity index (χ4n) is 15.5. The third kappa shape index (κ3) is 10.6. The van der Waals surface area contributed by atoms with Crippen LogP contribution in [0.4, 0.5) is 0 Å². The Labute approximate surface area is 617 Å². The molecule has 0 spiro atoms. The molecule has 0 saturated carbocycles. The number of fused-ring (bicyclic) bond motifs is 16. The normalized spacial score (nSPS) is 11.7. The second-order valence-corrected chi connectivity index (χ2v) is 27.0. The lowest BCUT2D eigenvalue weighted by Crippen LogP contribution is -1.96. The molecule has 14 aromatic carbocycles. The number of rotatable bonds is 10. The molecule has 0 saturated heterocycles. The molecule has 0 aliphatic carbocycles. The SMILES string of the molecule is c1ccc(-c2cc(-c3ccc(-c4nc5c(-c6cccc7c6oc6ccccc67)cccc5c5oc6ccccc6c45)cc3)nc(-c3ccccc3)n2)cc1.c1ccc(-c2cc(-c3cccc(-c4nc5c(-c6cccc7c6oc6ccccc67)cccc5c5oc6ccccc6c45)c3)nc(-c3ccccc3)n2)cc1. The molecule has 504 valence electrons. The number of furan rings is 4. The fraction of sp³-hybridized carbons (Fsp3) is 0. The number of benzene rings is 14. The highest BCUT2D eigenvalue weighted by Gasteiger charge is 2.25. The van der Waals surface area contributed by atoms with Crippen molar-refractivity contribution >= 4 is 110 Å². The molecule has 10 heteroatoms. The van der Waals surface area contributed by atoms with Gasteiger partial charge in [-0.05, 0) is 54.6 Å². The average molecular weight is 1380 g/mol. The van der Waals surface area contributed by atoms with Crippen LogP contribution in [0.2, 0.25) is 0 Å². The summed E-state index contributed by atoms with van der Waals surface area (Å²) >= 11 is 0. The number of aromatic nitrogens is 6. The molecule has 8 aromatic heterocycles. The van der Waals surface area contributed by atoms with Crippen LogP contribution in [0.15, 0.2) is 370 Å². The van der Waals surface area contributed by atoms with Crippen molar-refractivity contribution in [2.24, 2.45) is 0 Å². The van der Waals surface area contributed by atoms with E-state index in [1.54, 1.807) is 0 Å². The first kappa shape index (κ1) is 61.9. The smallest absolute Gasteiger partial charge is 0.160 e. The number of hydrogen-bond donors (Lipinski definition) is 0. The van der Waals surface area contributed by atoms with Crippen molar-refractivity contribution in [3.05, 3.63) is 352 Å². The van der Waals surface area contributed by atoms with Crippen molar-refractivity contribution in [2.45, 2.75) is 0 Å². The highest BCUT2D eigenvalue weighted by atomic mass is 16.3. The molecule has 0 atom stereocenters. The van der Waals surface area contributed by atoms with Crippen molar-refractivity contribution in [1.29, 1.82) is 0 Å². The van der Waals surface area contributed by atoms with Crippen LogP contribution in [0.3, 0.4) is 0 Å². The maximum absolute atomic E-state index is 6.71. The van der Waals surface area contributed by atoms with Crippen molar-refractivity contribution in [3.8, 4) is 113 Å². The van der Waals surface area contributed by atoms with E-state index in [0.29, 0.717) is 11.6 Å². The molecule has 0 amide bonds. The van der Waals surface area contributed by atoms with E-state index in [4.69, 9.17) is 47.6 Å². The zero-order chi connectivity index (χ0) is 71.2. The topological polar surface area (TPSA) is 130 Å². The van der Waals surface area contributed by atoms with E-state index in [0.717, 1.165) is 210 Å². The summed E-state index contributed by atoms with van der Waals surface area (Å²) in [6.07, 6.45) is 0. The van der Waals surface area contributed by atoms with Gasteiger partial charge in [-0.25, -0.2) is 29.9 Å². The summed E-state index contributed by atoms with van der Waals surface area (Å²) in [4.78, 5) is 31.3. The van der Waals surface area contributed by atoms with Gasteiger partial charge in [-0.1, -0.05) is 297 Å². The molecule has 8 heterocycles. The Balaban J connectivity index is 0.000000138. The van der Waals surface area contributed by atoms with Gasteiger partial charge < -0.3 is 17.7 Å². The maximum atomic E-state index is 6.71. The van der Waals surface area contributed by atoms with Gasteiger partial charge in [0.25, 0.3) is 0 Å². The van der Waals surface area contributed by atoms with Gasteiger partial charge >= 0.3 is 0 Å². The summed E-state index contributed by atoms with van der Waals surface area (Å²) in [7, 11) is 0. The van der Waals surface area contributed by atoms with Gasteiger partial charge in [0.1, 0.15) is 44.7 Å². The maximum Gasteiger partial charge on any atom is 0.160 e. The molecule has 0 bridgehead atoms. The predicted octanol–water partition coefficient (Wildman–Crippen LogP) is 26.3. The van der Waals surface area contributed by atoms with E-state index in [9.17, 15) is 0 Å². The largest absolute Gasteiger partial charge is 0.455 e. The van der Waals surface area contributed by atoms with E-state index in [2.05, 4.69) is 206 Å². The monoisotopic (exact) mass is 1380 g/mol. The Morgan fingerprint density at radius 2 is 0.472 bits per heavy atom. The van der Waals surface area contributed by atoms with Crippen molar-refractivity contribution in [3.63, 3.8) is 0 Å². The van der Waals surface area contributed by atoms with Gasteiger partial charge in [0.2, 0.25) is 0 Å². The van der Waals surface area contributed by atoms with Crippen LogP contribution in [0, 0.1) is 0 Å². The number of para-hydroxylation sites is 8. The predicted molar refractivity (Wildman–Crippen MR) is 438 cm³/mol. The molecular formula is C98H58N6O4. The van der Waals surface area contributed by atoms with Crippen LogP contribution in [0.25, 0.3) is 222 Å². The van der Waals surface area contributed by atoms with Crippen LogP contribution in [-0.4, -0.2) is 29.9 Å². The Kier molecular flexibility index (Phi) is 14.7. The number of hydrogen-bond acceptors (Lipinski definition) is 10. The van der Waals surface area contributed by atoms with Crippen LogP contribution >= 0.6 is 0 Å². The van der Waals surface area contributed by atoms with E-state index < -0.39 is 0 Å². The Morgan fingerprint density at radius 3 is 0.917 bits per heavy atom. The molecule has 10 nitrogen and oxygen atoms in total. The Bertz CT molecular complexity index is 7180. The molecular weight excluding hydrogens is 1330 g/mol. The first-order valence-electron chi connectivity index (χ1n) is 36.0. The van der Waals surface area contributed by atoms with Crippen LogP contribution in [0.5, 0.6) is 0 Å². The lowest BCUT2D eigenvalue weighted by atomic mass is 9.96. The standard InChI is InChI=1S/2C49H29N3O2/c1-3-14-30(15-4-1)40-29-41(51-49(50-40)31-16-5-2-6-17-31)32-18-11-19-33(28-32)45-44-38-21-8-10-27-43(38)54-48(44)39-25-12-22-35(46(39)52-45)37-24-13-23-36-34-20-7-9-26-42(34)53-47(36)37;1-3-13-30(14-4-1)40-29-41(51-49(50-40)33-15-5-2-6-16-33)31-25-27-32(28-26-31)45-44-38-18-8-10-24-43(38)54-48(44)39-22-11-19-35(46(39)52-45)37-21-12-20-36-34-17-7-9-23-42(34)53-47(36)37/h2*1-29H. The lowest BCUT2D eigenvalue weighted by molar-refractivity contribution is 0.669. The summed E-state index contributed by atoms with van der Waals surface area (Å²) in [5, 5.41) is 10.3. The van der Waals surface area contributed by atoms with Crippen molar-refractivity contribution in [1.82, 2.24) is 29.9 Å². The molecule has 0 fully saturated rings. The summed E-state index contributed by atoms with van der Waals surface area (Å²) in [6, 6.07) is 120. The lowest BCUT2D eigenvalue weighted by Gasteiger charge is -2.13. The van der Waals surface area contributed by atoms with Gasteiger partial charge in [0.15, 0.2) is 11.6 Å². The quantitative estimate of drug-likeness (QED) is 0.130. The molecule has 0 radical (unpaired) electrons. The van der Waals surface area contributed by atoms with Gasteiger partial charge in [-0.2, -0.15) is 0 Å². The van der Waals surface area contributed by atoms with Crippen molar-refractivity contribution < 1.29 is 17.7 Å². The Morgan fingerprint density at radius 1 is 0.176 bits per heavy atom. The number of nitrogens with zero attached hydrogens (tertiary/aromatic N) is 6. The summed E-state index contributed by atoms with van der Waals surface area (Å²) in [5.74, 6) is 1.36. The molecule has 0 unspecified atom stereocenters. The van der Waals surface area contributed by atoms with Gasteiger partial charge in [-0.15, -0.1) is 0 Å². The molecule has 0 aliphatic rings. The van der Waals surface area contributed by atoms with Crippen molar-refractivity contribution in [2.75, 3.05) is 0 Å². The zero-order valence-electron chi connectivity index (χ0n) is 57.8. The minimum Gasteiger partial charge on any atom is -0.455 e. The number of pyridine rings is 2. The van der Waals surface area contributed by atoms with Gasteiger partial charge in [-0.3, -0.25) is 0 Å². The zero-order valence-corrected chi connectivity index (χ0v) is 57.8. The third-order valence-electron chi connectivity index (χ3n) is 20.6.